The third-order valence-corrected chi connectivity index (χ3v) is 4.03. The van der Waals surface area contributed by atoms with Gasteiger partial charge in [0.05, 0.1) is 5.52 Å². The summed E-state index contributed by atoms with van der Waals surface area (Å²) < 4.78 is 0. The van der Waals surface area contributed by atoms with Gasteiger partial charge in [0, 0.05) is 12.7 Å². The second-order valence-electron chi connectivity index (χ2n) is 6.68. The number of benzene rings is 1. The zero-order valence-electron chi connectivity index (χ0n) is 14.7. The highest BCUT2D eigenvalue weighted by atomic mass is 16.3. The van der Waals surface area contributed by atoms with E-state index in [4.69, 9.17) is 0 Å². The van der Waals surface area contributed by atoms with Crippen molar-refractivity contribution in [2.24, 2.45) is 5.92 Å². The van der Waals surface area contributed by atoms with Crippen molar-refractivity contribution in [1.82, 2.24) is 15.3 Å². The molecule has 0 unspecified atom stereocenters. The van der Waals surface area contributed by atoms with Crippen molar-refractivity contribution in [1.29, 1.82) is 0 Å². The van der Waals surface area contributed by atoms with E-state index in [0.29, 0.717) is 18.5 Å². The largest absolute Gasteiger partial charge is 0.505 e. The number of aromatic hydroxyl groups is 1. The van der Waals surface area contributed by atoms with Gasteiger partial charge in [0.1, 0.15) is 11.1 Å². The Bertz CT molecular complexity index is 994. The molecule has 3 rings (SSSR count). The first-order valence-corrected chi connectivity index (χ1v) is 8.51. The number of aromatic nitrogens is 2. The first kappa shape index (κ1) is 17.7. The molecule has 0 aliphatic heterocycles. The van der Waals surface area contributed by atoms with Crippen LogP contribution in [0.1, 0.15) is 35.3 Å². The summed E-state index contributed by atoms with van der Waals surface area (Å²) in [6, 6.07) is 11.6. The first-order valence-electron chi connectivity index (χ1n) is 8.51. The Morgan fingerprint density at radius 2 is 1.96 bits per heavy atom. The Balaban J connectivity index is 1.96. The third kappa shape index (κ3) is 3.74. The van der Waals surface area contributed by atoms with Crippen LogP contribution in [0.15, 0.2) is 47.4 Å². The molecule has 1 aromatic carbocycles. The minimum absolute atomic E-state index is 0.205. The van der Waals surface area contributed by atoms with Crippen LogP contribution in [0.4, 0.5) is 0 Å². The summed E-state index contributed by atoms with van der Waals surface area (Å²) in [5, 5.41) is 13.0. The van der Waals surface area contributed by atoms with Crippen LogP contribution in [-0.2, 0) is 6.42 Å². The van der Waals surface area contributed by atoms with Crippen molar-refractivity contribution in [2.75, 3.05) is 6.54 Å². The lowest BCUT2D eigenvalue weighted by molar-refractivity contribution is 0.0945. The lowest BCUT2D eigenvalue weighted by Gasteiger charge is -2.10. The van der Waals surface area contributed by atoms with E-state index in [1.165, 1.54) is 0 Å². The van der Waals surface area contributed by atoms with Gasteiger partial charge in [0.25, 0.3) is 11.5 Å². The Hall–Kier alpha value is -3.15. The van der Waals surface area contributed by atoms with E-state index in [2.05, 4.69) is 15.3 Å². The summed E-state index contributed by atoms with van der Waals surface area (Å²) in [5.41, 5.74) is 1.69. The number of H-pyrrole nitrogens is 1. The van der Waals surface area contributed by atoms with Crippen molar-refractivity contribution >= 4 is 16.9 Å². The fraction of sp³-hybridized carbons (Fsp3) is 0.250. The smallest absolute Gasteiger partial charge is 0.265 e. The van der Waals surface area contributed by atoms with Crippen LogP contribution >= 0.6 is 0 Å². The first-order chi connectivity index (χ1) is 12.5. The molecule has 3 aromatic rings. The highest BCUT2D eigenvalue weighted by Gasteiger charge is 2.20. The number of nitrogens with one attached hydrogen (secondary N) is 2. The van der Waals surface area contributed by atoms with E-state index in [1.807, 2.05) is 44.2 Å². The molecule has 6 nitrogen and oxygen atoms in total. The van der Waals surface area contributed by atoms with Crippen molar-refractivity contribution in [2.45, 2.75) is 20.3 Å². The SMILES string of the molecule is CC(C)CNC(=O)c1c(O)c2ncc(Cc3ccccc3)cc2[nH]c1=O. The number of fused-ring (bicyclic) bond motifs is 1. The van der Waals surface area contributed by atoms with E-state index >= 15 is 0 Å². The molecule has 2 aromatic heterocycles. The van der Waals surface area contributed by atoms with Crippen LogP contribution < -0.4 is 10.9 Å². The highest BCUT2D eigenvalue weighted by molar-refractivity contribution is 6.01. The van der Waals surface area contributed by atoms with Gasteiger partial charge in [0.15, 0.2) is 5.75 Å². The van der Waals surface area contributed by atoms with Gasteiger partial charge in [-0.05, 0) is 29.5 Å². The number of carbonyl (C=O) groups excluding carboxylic acids is 1. The van der Waals surface area contributed by atoms with Crippen LogP contribution in [0, 0.1) is 5.92 Å². The molecule has 0 aliphatic rings. The van der Waals surface area contributed by atoms with E-state index in [1.54, 1.807) is 12.3 Å². The number of hydrogen-bond acceptors (Lipinski definition) is 4. The molecule has 134 valence electrons. The number of aromatic amines is 1. The lowest BCUT2D eigenvalue weighted by atomic mass is 10.1. The predicted octanol–water partition coefficient (Wildman–Crippen LogP) is 2.61. The maximum atomic E-state index is 12.3. The molecule has 6 heteroatoms. The Morgan fingerprint density at radius 1 is 1.23 bits per heavy atom. The highest BCUT2D eigenvalue weighted by Crippen LogP contribution is 2.24. The normalized spacial score (nSPS) is 11.0. The van der Waals surface area contributed by atoms with Gasteiger partial charge < -0.3 is 15.4 Å². The summed E-state index contributed by atoms with van der Waals surface area (Å²) in [6.45, 7) is 4.31. The predicted molar refractivity (Wildman–Crippen MR) is 100 cm³/mol. The zero-order valence-corrected chi connectivity index (χ0v) is 14.7. The van der Waals surface area contributed by atoms with Crippen LogP contribution in [0.5, 0.6) is 5.75 Å². The molecule has 0 fully saturated rings. The second kappa shape index (κ2) is 7.39. The van der Waals surface area contributed by atoms with Crippen LogP contribution in [-0.4, -0.2) is 27.5 Å². The summed E-state index contributed by atoms with van der Waals surface area (Å²) in [4.78, 5) is 31.4. The second-order valence-corrected chi connectivity index (χ2v) is 6.68. The van der Waals surface area contributed by atoms with Crippen LogP contribution in [0.3, 0.4) is 0 Å². The molecule has 2 heterocycles. The van der Waals surface area contributed by atoms with E-state index in [9.17, 15) is 14.7 Å². The van der Waals surface area contributed by atoms with Crippen LogP contribution in [0.2, 0.25) is 0 Å². The molecular formula is C20H21N3O3. The fourth-order valence-electron chi connectivity index (χ4n) is 2.73. The zero-order chi connectivity index (χ0) is 18.7. The monoisotopic (exact) mass is 351 g/mol. The van der Waals surface area contributed by atoms with Gasteiger partial charge in [-0.2, -0.15) is 0 Å². The van der Waals surface area contributed by atoms with Gasteiger partial charge in [0.2, 0.25) is 0 Å². The molecule has 26 heavy (non-hydrogen) atoms. The molecule has 0 saturated heterocycles. The fourth-order valence-corrected chi connectivity index (χ4v) is 2.73. The van der Waals surface area contributed by atoms with Crippen molar-refractivity contribution in [3.05, 3.63) is 69.6 Å². The summed E-state index contributed by atoms with van der Waals surface area (Å²) >= 11 is 0. The standard InChI is InChI=1S/C20H21N3O3/c1-12(2)10-22-19(25)16-18(24)17-15(23-20(16)26)9-14(11-21-17)8-13-6-4-3-5-7-13/h3-7,9,11-12H,8,10H2,1-2H3,(H,22,25)(H2,23,24,26). The summed E-state index contributed by atoms with van der Waals surface area (Å²) in [5.74, 6) is -0.759. The molecule has 0 saturated carbocycles. The average molecular weight is 351 g/mol. The van der Waals surface area contributed by atoms with Gasteiger partial charge >= 0.3 is 0 Å². The quantitative estimate of drug-likeness (QED) is 0.658. The van der Waals surface area contributed by atoms with E-state index in [0.717, 1.165) is 11.1 Å². The van der Waals surface area contributed by atoms with E-state index < -0.39 is 17.2 Å². The lowest BCUT2D eigenvalue weighted by Crippen LogP contribution is -2.32. The Labute approximate surface area is 150 Å². The minimum Gasteiger partial charge on any atom is -0.505 e. The number of rotatable bonds is 5. The van der Waals surface area contributed by atoms with Gasteiger partial charge in [-0.3, -0.25) is 14.6 Å². The van der Waals surface area contributed by atoms with Gasteiger partial charge in [-0.25, -0.2) is 0 Å². The van der Waals surface area contributed by atoms with Crippen molar-refractivity contribution < 1.29 is 9.90 Å². The molecule has 3 N–H and O–H groups in total. The Morgan fingerprint density at radius 3 is 2.65 bits per heavy atom. The molecular weight excluding hydrogens is 330 g/mol. The number of carbonyl (C=O) groups is 1. The molecule has 0 spiro atoms. The van der Waals surface area contributed by atoms with Gasteiger partial charge in [-0.1, -0.05) is 44.2 Å². The topological polar surface area (TPSA) is 95.1 Å². The minimum atomic E-state index is -0.630. The average Bonchev–Trinajstić information content (AvgIpc) is 2.60. The molecule has 0 atom stereocenters. The number of hydrogen-bond donors (Lipinski definition) is 3. The number of nitrogens with zero attached hydrogens (tertiary/aromatic N) is 1. The van der Waals surface area contributed by atoms with Crippen LogP contribution in [0.25, 0.3) is 11.0 Å². The summed E-state index contributed by atoms with van der Waals surface area (Å²) in [6.07, 6.45) is 2.30. The maximum absolute atomic E-state index is 12.3. The number of amides is 1. The van der Waals surface area contributed by atoms with Crippen molar-refractivity contribution in [3.63, 3.8) is 0 Å². The maximum Gasteiger partial charge on any atom is 0.265 e. The molecule has 1 amide bonds. The summed E-state index contributed by atoms with van der Waals surface area (Å²) in [7, 11) is 0. The number of pyridine rings is 2. The third-order valence-electron chi connectivity index (χ3n) is 4.03. The van der Waals surface area contributed by atoms with Crippen molar-refractivity contribution in [3.8, 4) is 5.75 Å². The molecule has 0 aliphatic carbocycles. The van der Waals surface area contributed by atoms with Gasteiger partial charge in [-0.15, -0.1) is 0 Å². The molecule has 0 bridgehead atoms. The molecule has 0 radical (unpaired) electrons. The Kier molecular flexibility index (Phi) is 5.02. The van der Waals surface area contributed by atoms with E-state index in [-0.39, 0.29) is 17.0 Å².